The average molecular weight is 369 g/mol. The number of nitrogens with zero attached hydrogens (tertiary/aromatic N) is 3. The lowest BCUT2D eigenvalue weighted by Gasteiger charge is -2.10. The molecule has 0 aliphatic carbocycles. The third kappa shape index (κ3) is 3.31. The molecule has 28 heavy (non-hydrogen) atoms. The molecule has 0 N–H and O–H groups in total. The lowest BCUT2D eigenvalue weighted by molar-refractivity contribution is -0.384. The fourth-order valence-corrected chi connectivity index (χ4v) is 2.96. The van der Waals surface area contributed by atoms with E-state index in [0.717, 1.165) is 5.56 Å². The summed E-state index contributed by atoms with van der Waals surface area (Å²) in [4.78, 5) is 23.6. The molecule has 1 heterocycles. The van der Waals surface area contributed by atoms with E-state index in [9.17, 15) is 14.9 Å². The van der Waals surface area contributed by atoms with E-state index < -0.39 is 4.92 Å². The van der Waals surface area contributed by atoms with Gasteiger partial charge in [0.15, 0.2) is 0 Å². The summed E-state index contributed by atoms with van der Waals surface area (Å²) >= 11 is 0. The molecule has 6 nitrogen and oxygen atoms in total. The molecule has 1 amide bonds. The van der Waals surface area contributed by atoms with Crippen molar-refractivity contribution in [2.24, 2.45) is 5.10 Å². The van der Waals surface area contributed by atoms with Crippen molar-refractivity contribution in [3.63, 3.8) is 0 Å². The number of carbonyl (C=O) groups excluding carboxylic acids is 1. The molecule has 136 valence electrons. The molecule has 0 spiro atoms. The molecule has 0 saturated heterocycles. The predicted molar refractivity (Wildman–Crippen MR) is 108 cm³/mol. The molecule has 0 fully saturated rings. The van der Waals surface area contributed by atoms with E-state index in [0.29, 0.717) is 22.5 Å². The van der Waals surface area contributed by atoms with Crippen LogP contribution in [-0.2, 0) is 4.79 Å². The average Bonchev–Trinajstić information content (AvgIpc) is 3.06. The van der Waals surface area contributed by atoms with Gasteiger partial charge in [0, 0.05) is 17.7 Å². The first-order chi connectivity index (χ1) is 13.6. The van der Waals surface area contributed by atoms with Crippen LogP contribution in [-0.4, -0.2) is 16.5 Å². The van der Waals surface area contributed by atoms with Gasteiger partial charge in [-0.15, -0.1) is 0 Å². The lowest BCUT2D eigenvalue weighted by atomic mass is 10.00. The Bertz CT molecular complexity index is 1090. The van der Waals surface area contributed by atoms with Crippen LogP contribution in [0.2, 0.25) is 0 Å². The van der Waals surface area contributed by atoms with Crippen molar-refractivity contribution in [2.45, 2.75) is 0 Å². The Balaban J connectivity index is 1.81. The summed E-state index contributed by atoms with van der Waals surface area (Å²) in [6, 6.07) is 24.7. The van der Waals surface area contributed by atoms with Crippen molar-refractivity contribution in [3.05, 3.63) is 112 Å². The third-order valence-electron chi connectivity index (χ3n) is 4.34. The van der Waals surface area contributed by atoms with Crippen LogP contribution in [0.5, 0.6) is 0 Å². The van der Waals surface area contributed by atoms with E-state index in [1.807, 2.05) is 48.5 Å². The van der Waals surface area contributed by atoms with E-state index in [1.54, 1.807) is 30.3 Å². The number of rotatable bonds is 4. The summed E-state index contributed by atoms with van der Waals surface area (Å²) in [5, 5.41) is 16.8. The molecule has 0 aromatic heterocycles. The Morgan fingerprint density at radius 3 is 2.07 bits per heavy atom. The minimum absolute atomic E-state index is 0.0119. The molecule has 0 bridgehead atoms. The number of amides is 1. The standard InChI is InChI=1S/C22H15N3O3/c26-22-20(15-16-7-3-1-4-8-16)21(17-11-13-19(14-12-17)25(27)28)23-24(22)18-9-5-2-6-10-18/h1-15H/b20-15-. The number of para-hydroxylation sites is 1. The molecule has 3 aromatic carbocycles. The van der Waals surface area contributed by atoms with Crippen LogP contribution < -0.4 is 5.01 Å². The van der Waals surface area contributed by atoms with E-state index >= 15 is 0 Å². The van der Waals surface area contributed by atoms with Gasteiger partial charge in [0.2, 0.25) is 0 Å². The highest BCUT2D eigenvalue weighted by molar-refractivity contribution is 6.37. The van der Waals surface area contributed by atoms with E-state index in [-0.39, 0.29) is 11.6 Å². The molecule has 4 rings (SSSR count). The van der Waals surface area contributed by atoms with Crippen molar-refractivity contribution in [3.8, 4) is 0 Å². The largest absolute Gasteiger partial charge is 0.281 e. The van der Waals surface area contributed by atoms with Gasteiger partial charge in [0.05, 0.1) is 16.2 Å². The number of non-ortho nitro benzene ring substituents is 1. The quantitative estimate of drug-likeness (QED) is 0.388. The van der Waals surface area contributed by atoms with Crippen molar-refractivity contribution in [2.75, 3.05) is 5.01 Å². The van der Waals surface area contributed by atoms with Gasteiger partial charge in [0.25, 0.3) is 11.6 Å². The molecule has 0 atom stereocenters. The van der Waals surface area contributed by atoms with Crippen LogP contribution in [0.1, 0.15) is 11.1 Å². The van der Waals surface area contributed by atoms with Gasteiger partial charge < -0.3 is 0 Å². The van der Waals surface area contributed by atoms with Crippen molar-refractivity contribution >= 4 is 29.1 Å². The second kappa shape index (κ2) is 7.28. The highest BCUT2D eigenvalue weighted by Crippen LogP contribution is 2.28. The van der Waals surface area contributed by atoms with E-state index in [1.165, 1.54) is 17.1 Å². The summed E-state index contributed by atoms with van der Waals surface area (Å²) in [5.74, 6) is -0.247. The summed E-state index contributed by atoms with van der Waals surface area (Å²) in [7, 11) is 0. The molecule has 3 aromatic rings. The molecular formula is C22H15N3O3. The van der Waals surface area contributed by atoms with Crippen LogP contribution in [0.15, 0.2) is 95.6 Å². The van der Waals surface area contributed by atoms with Gasteiger partial charge in [-0.25, -0.2) is 0 Å². The molecular weight excluding hydrogens is 354 g/mol. The molecule has 0 unspecified atom stereocenters. The second-order valence-electron chi connectivity index (χ2n) is 6.17. The number of hydrazone groups is 1. The second-order valence-corrected chi connectivity index (χ2v) is 6.17. The number of nitro groups is 1. The van der Waals surface area contributed by atoms with Gasteiger partial charge in [-0.1, -0.05) is 48.5 Å². The van der Waals surface area contributed by atoms with Crippen molar-refractivity contribution < 1.29 is 9.72 Å². The van der Waals surface area contributed by atoms with Gasteiger partial charge in [0.1, 0.15) is 5.71 Å². The molecule has 1 aliphatic rings. The minimum atomic E-state index is -0.456. The number of hydrogen-bond acceptors (Lipinski definition) is 4. The Morgan fingerprint density at radius 1 is 0.857 bits per heavy atom. The zero-order valence-electron chi connectivity index (χ0n) is 14.7. The highest BCUT2D eigenvalue weighted by Gasteiger charge is 2.32. The summed E-state index contributed by atoms with van der Waals surface area (Å²) in [5.41, 5.74) is 3.07. The fraction of sp³-hybridized carbons (Fsp3) is 0. The zero-order valence-corrected chi connectivity index (χ0v) is 14.7. The highest BCUT2D eigenvalue weighted by atomic mass is 16.6. The Hall–Kier alpha value is -4.06. The number of nitro benzene ring substituents is 1. The molecule has 6 heteroatoms. The Morgan fingerprint density at radius 2 is 1.46 bits per heavy atom. The monoisotopic (exact) mass is 369 g/mol. The lowest BCUT2D eigenvalue weighted by Crippen LogP contribution is -2.21. The first-order valence-electron chi connectivity index (χ1n) is 8.63. The van der Waals surface area contributed by atoms with E-state index in [4.69, 9.17) is 0 Å². The Labute approximate surface area is 161 Å². The molecule has 1 aliphatic heterocycles. The summed E-state index contributed by atoms with van der Waals surface area (Å²) in [6.07, 6.45) is 1.78. The van der Waals surface area contributed by atoms with Gasteiger partial charge in [-0.05, 0) is 35.9 Å². The first kappa shape index (κ1) is 17.4. The predicted octanol–water partition coefficient (Wildman–Crippen LogP) is 4.43. The summed E-state index contributed by atoms with van der Waals surface area (Å²) < 4.78 is 0. The van der Waals surface area contributed by atoms with Gasteiger partial charge in [-0.2, -0.15) is 10.1 Å². The van der Waals surface area contributed by atoms with Crippen molar-refractivity contribution in [1.82, 2.24) is 0 Å². The zero-order chi connectivity index (χ0) is 19.5. The number of hydrogen-bond donors (Lipinski definition) is 0. The summed E-state index contributed by atoms with van der Waals surface area (Å²) in [6.45, 7) is 0. The minimum Gasteiger partial charge on any atom is -0.267 e. The van der Waals surface area contributed by atoms with Crippen LogP contribution in [0.3, 0.4) is 0 Å². The number of benzene rings is 3. The maximum atomic E-state index is 13.1. The Kier molecular flexibility index (Phi) is 4.51. The van der Waals surface area contributed by atoms with E-state index in [2.05, 4.69) is 5.10 Å². The maximum absolute atomic E-state index is 13.1. The SMILES string of the molecule is O=C1/C(=C\c2ccccc2)C(c2ccc([N+](=O)[O-])cc2)=NN1c1ccccc1. The normalized spacial score (nSPS) is 15.0. The van der Waals surface area contributed by atoms with Crippen LogP contribution in [0, 0.1) is 10.1 Å². The third-order valence-corrected chi connectivity index (χ3v) is 4.34. The first-order valence-corrected chi connectivity index (χ1v) is 8.63. The van der Waals surface area contributed by atoms with Gasteiger partial charge >= 0.3 is 0 Å². The number of anilines is 1. The van der Waals surface area contributed by atoms with Gasteiger partial charge in [-0.3, -0.25) is 14.9 Å². The number of carbonyl (C=O) groups is 1. The molecule has 0 saturated carbocycles. The van der Waals surface area contributed by atoms with Crippen LogP contribution in [0.4, 0.5) is 11.4 Å². The maximum Gasteiger partial charge on any atom is 0.281 e. The topological polar surface area (TPSA) is 75.8 Å². The van der Waals surface area contributed by atoms with Crippen LogP contribution in [0.25, 0.3) is 6.08 Å². The van der Waals surface area contributed by atoms with Crippen molar-refractivity contribution in [1.29, 1.82) is 0 Å². The fourth-order valence-electron chi connectivity index (χ4n) is 2.96. The van der Waals surface area contributed by atoms with Crippen LogP contribution >= 0.6 is 0 Å². The smallest absolute Gasteiger partial charge is 0.267 e. The molecule has 0 radical (unpaired) electrons.